The zero-order valence-electron chi connectivity index (χ0n) is 13.8. The number of hydrogen-bond donors (Lipinski definition) is 1. The molecule has 132 valence electrons. The molecule has 1 aromatic heterocycles. The number of benzene rings is 2. The fraction of sp³-hybridized carbons (Fsp3) is 0.111. The second-order valence-electron chi connectivity index (χ2n) is 5.26. The Hall–Kier alpha value is -3.26. The summed E-state index contributed by atoms with van der Waals surface area (Å²) >= 11 is 1.25. The first kappa shape index (κ1) is 17.6. The van der Waals surface area contributed by atoms with Gasteiger partial charge in [0.1, 0.15) is 5.75 Å². The molecule has 0 radical (unpaired) electrons. The number of thiophene rings is 1. The van der Waals surface area contributed by atoms with Crippen LogP contribution in [0.15, 0.2) is 53.6 Å². The number of ether oxygens (including phenoxy) is 1. The topological polar surface area (TPSA) is 93.8 Å². The number of amides is 1. The lowest BCUT2D eigenvalue weighted by molar-refractivity contribution is -0.384. The van der Waals surface area contributed by atoms with Gasteiger partial charge >= 0.3 is 0 Å². The van der Waals surface area contributed by atoms with Crippen molar-refractivity contribution in [2.75, 3.05) is 6.61 Å². The van der Waals surface area contributed by atoms with E-state index in [1.165, 1.54) is 29.7 Å². The lowest BCUT2D eigenvalue weighted by Crippen LogP contribution is -2.16. The fourth-order valence-corrected chi connectivity index (χ4v) is 3.28. The Labute approximate surface area is 153 Å². The molecular weight excluding hydrogens is 354 g/mol. The van der Waals surface area contributed by atoms with Gasteiger partial charge in [-0.2, -0.15) is 5.10 Å². The third-order valence-corrected chi connectivity index (χ3v) is 4.64. The number of nitrogens with zero attached hydrogens (tertiary/aromatic N) is 2. The third-order valence-electron chi connectivity index (χ3n) is 3.52. The molecule has 3 rings (SSSR count). The molecule has 0 aliphatic heterocycles. The van der Waals surface area contributed by atoms with Gasteiger partial charge < -0.3 is 4.74 Å². The Morgan fingerprint density at radius 3 is 2.88 bits per heavy atom. The van der Waals surface area contributed by atoms with Crippen LogP contribution < -0.4 is 10.2 Å². The average molecular weight is 369 g/mol. The average Bonchev–Trinajstić information content (AvgIpc) is 3.06. The highest BCUT2D eigenvalue weighted by Crippen LogP contribution is 2.28. The van der Waals surface area contributed by atoms with Crippen molar-refractivity contribution in [3.8, 4) is 5.75 Å². The van der Waals surface area contributed by atoms with E-state index in [2.05, 4.69) is 10.5 Å². The number of carbonyl (C=O) groups excluding carboxylic acids is 1. The lowest BCUT2D eigenvalue weighted by Gasteiger charge is -2.05. The van der Waals surface area contributed by atoms with E-state index >= 15 is 0 Å². The van der Waals surface area contributed by atoms with Gasteiger partial charge in [-0.05, 0) is 31.2 Å². The van der Waals surface area contributed by atoms with Crippen molar-refractivity contribution >= 4 is 39.2 Å². The van der Waals surface area contributed by atoms with Crippen molar-refractivity contribution < 1.29 is 14.5 Å². The van der Waals surface area contributed by atoms with E-state index in [1.54, 1.807) is 12.1 Å². The number of para-hydroxylation sites is 1. The van der Waals surface area contributed by atoms with Gasteiger partial charge in [-0.3, -0.25) is 14.9 Å². The van der Waals surface area contributed by atoms with Crippen molar-refractivity contribution in [3.05, 3.63) is 69.1 Å². The van der Waals surface area contributed by atoms with Crippen LogP contribution >= 0.6 is 11.3 Å². The van der Waals surface area contributed by atoms with Gasteiger partial charge in [0.25, 0.3) is 11.6 Å². The molecule has 0 spiro atoms. The van der Waals surface area contributed by atoms with Gasteiger partial charge in [-0.1, -0.05) is 12.1 Å². The molecule has 0 saturated carbocycles. The molecule has 3 aromatic rings. The number of hydrogen-bond acceptors (Lipinski definition) is 6. The molecule has 1 N–H and O–H groups in total. The second-order valence-corrected chi connectivity index (χ2v) is 6.34. The molecule has 0 aliphatic rings. The van der Waals surface area contributed by atoms with E-state index in [4.69, 9.17) is 4.74 Å². The normalized spacial score (nSPS) is 11.0. The van der Waals surface area contributed by atoms with Crippen LogP contribution in [0, 0.1) is 10.1 Å². The molecule has 0 bridgehead atoms. The predicted octanol–water partition coefficient (Wildman–Crippen LogP) is 3.97. The summed E-state index contributed by atoms with van der Waals surface area (Å²) in [7, 11) is 0. The van der Waals surface area contributed by atoms with E-state index in [0.717, 1.165) is 10.3 Å². The highest BCUT2D eigenvalue weighted by atomic mass is 32.1. The van der Waals surface area contributed by atoms with Crippen molar-refractivity contribution in [2.24, 2.45) is 5.10 Å². The van der Waals surface area contributed by atoms with Gasteiger partial charge in [0.05, 0.1) is 22.6 Å². The maximum absolute atomic E-state index is 12.3. The number of nitrogens with one attached hydrogen (secondary N) is 1. The van der Waals surface area contributed by atoms with E-state index in [-0.39, 0.29) is 11.6 Å². The quantitative estimate of drug-likeness (QED) is 0.404. The number of non-ortho nitro benzene ring substituents is 1. The van der Waals surface area contributed by atoms with Crippen molar-refractivity contribution in [2.45, 2.75) is 6.92 Å². The maximum atomic E-state index is 12.3. The highest BCUT2D eigenvalue weighted by Gasteiger charge is 2.13. The first-order valence-electron chi connectivity index (χ1n) is 7.81. The van der Waals surface area contributed by atoms with Crippen LogP contribution in [0.25, 0.3) is 10.1 Å². The Kier molecular flexibility index (Phi) is 5.23. The molecule has 0 atom stereocenters. The molecule has 0 fully saturated rings. The summed E-state index contributed by atoms with van der Waals surface area (Å²) in [5, 5.41) is 15.5. The van der Waals surface area contributed by atoms with Crippen LogP contribution in [0.5, 0.6) is 5.75 Å². The molecule has 2 aromatic carbocycles. The van der Waals surface area contributed by atoms with E-state index in [0.29, 0.717) is 22.6 Å². The Balaban J connectivity index is 1.74. The SMILES string of the molecule is CCOc1ccccc1C=NNC(=O)c1cc2cc([N+](=O)[O-])ccc2s1. The minimum atomic E-state index is -0.461. The molecule has 8 heteroatoms. The molecule has 7 nitrogen and oxygen atoms in total. The minimum Gasteiger partial charge on any atom is -0.493 e. The molecular formula is C18H15N3O4S. The standard InChI is InChI=1S/C18H15N3O4S/c1-2-25-15-6-4-3-5-12(15)11-19-20-18(22)17-10-13-9-14(21(23)24)7-8-16(13)26-17/h3-11H,2H2,1H3,(H,20,22). The van der Waals surface area contributed by atoms with Crippen LogP contribution in [0.2, 0.25) is 0 Å². The first-order chi connectivity index (χ1) is 12.6. The molecule has 26 heavy (non-hydrogen) atoms. The largest absolute Gasteiger partial charge is 0.493 e. The number of rotatable bonds is 6. The summed E-state index contributed by atoms with van der Waals surface area (Å²) in [6, 6.07) is 13.5. The van der Waals surface area contributed by atoms with E-state index in [1.807, 2.05) is 31.2 Å². The number of nitro benzene ring substituents is 1. The molecule has 0 saturated heterocycles. The smallest absolute Gasteiger partial charge is 0.281 e. The van der Waals surface area contributed by atoms with Crippen LogP contribution in [0.4, 0.5) is 5.69 Å². The summed E-state index contributed by atoms with van der Waals surface area (Å²) in [6.07, 6.45) is 1.51. The highest BCUT2D eigenvalue weighted by molar-refractivity contribution is 7.20. The zero-order valence-corrected chi connectivity index (χ0v) is 14.7. The van der Waals surface area contributed by atoms with Crippen molar-refractivity contribution in [3.63, 3.8) is 0 Å². The molecule has 1 amide bonds. The zero-order chi connectivity index (χ0) is 18.5. The fourth-order valence-electron chi connectivity index (χ4n) is 2.35. The Bertz CT molecular complexity index is 997. The van der Waals surface area contributed by atoms with Crippen LogP contribution in [0.1, 0.15) is 22.2 Å². The summed E-state index contributed by atoms with van der Waals surface area (Å²) in [5.74, 6) is 0.307. The summed E-state index contributed by atoms with van der Waals surface area (Å²) < 4.78 is 6.29. The molecule has 1 heterocycles. The lowest BCUT2D eigenvalue weighted by atomic mass is 10.2. The van der Waals surface area contributed by atoms with Crippen molar-refractivity contribution in [1.82, 2.24) is 5.43 Å². The summed E-state index contributed by atoms with van der Waals surface area (Å²) in [5.41, 5.74) is 3.21. The molecule has 0 unspecified atom stereocenters. The predicted molar refractivity (Wildman–Crippen MR) is 101 cm³/mol. The van der Waals surface area contributed by atoms with Crippen LogP contribution in [0.3, 0.4) is 0 Å². The summed E-state index contributed by atoms with van der Waals surface area (Å²) in [4.78, 5) is 23.1. The van der Waals surface area contributed by atoms with Gasteiger partial charge in [-0.25, -0.2) is 5.43 Å². The van der Waals surface area contributed by atoms with Crippen molar-refractivity contribution in [1.29, 1.82) is 0 Å². The van der Waals surface area contributed by atoms with Crippen LogP contribution in [-0.2, 0) is 0 Å². The number of carbonyl (C=O) groups is 1. The van der Waals surface area contributed by atoms with Crippen LogP contribution in [-0.4, -0.2) is 23.7 Å². The monoisotopic (exact) mass is 369 g/mol. The van der Waals surface area contributed by atoms with E-state index < -0.39 is 4.92 Å². The van der Waals surface area contributed by atoms with Gasteiger partial charge in [0.2, 0.25) is 0 Å². The molecule has 0 aliphatic carbocycles. The number of nitro groups is 1. The third kappa shape index (κ3) is 3.86. The van der Waals surface area contributed by atoms with E-state index in [9.17, 15) is 14.9 Å². The Morgan fingerprint density at radius 1 is 1.31 bits per heavy atom. The number of fused-ring (bicyclic) bond motifs is 1. The van der Waals surface area contributed by atoms with Gasteiger partial charge in [0, 0.05) is 27.8 Å². The summed E-state index contributed by atoms with van der Waals surface area (Å²) in [6.45, 7) is 2.42. The maximum Gasteiger partial charge on any atom is 0.281 e. The van der Waals surface area contributed by atoms with Gasteiger partial charge in [-0.15, -0.1) is 11.3 Å². The first-order valence-corrected chi connectivity index (χ1v) is 8.63. The Morgan fingerprint density at radius 2 is 2.12 bits per heavy atom. The minimum absolute atomic E-state index is 0.00666. The van der Waals surface area contributed by atoms with Gasteiger partial charge in [0.15, 0.2) is 0 Å². The number of hydrazone groups is 1. The second kappa shape index (κ2) is 7.75.